The van der Waals surface area contributed by atoms with Crippen LogP contribution in [0.25, 0.3) is 0 Å². The van der Waals surface area contributed by atoms with Gasteiger partial charge in [-0.05, 0) is 19.1 Å². The van der Waals surface area contributed by atoms with Gasteiger partial charge >= 0.3 is 0 Å². The quantitative estimate of drug-likeness (QED) is 0.490. The van der Waals surface area contributed by atoms with Gasteiger partial charge in [0.25, 0.3) is 5.69 Å². The number of hydrogen-bond acceptors (Lipinski definition) is 6. The van der Waals surface area contributed by atoms with Gasteiger partial charge in [-0.1, -0.05) is 6.07 Å². The summed E-state index contributed by atoms with van der Waals surface area (Å²) in [7, 11) is 1.55. The van der Waals surface area contributed by atoms with Gasteiger partial charge in [-0.25, -0.2) is 0 Å². The molecule has 118 valence electrons. The highest BCUT2D eigenvalue weighted by atomic mass is 16.7. The summed E-state index contributed by atoms with van der Waals surface area (Å²) in [6.45, 7) is 1.86. The monoisotopic (exact) mass is 314 g/mol. The van der Waals surface area contributed by atoms with Crippen LogP contribution in [0.1, 0.15) is 11.1 Å². The fraction of sp³-hybridized carbons (Fsp3) is 0.188. The van der Waals surface area contributed by atoms with E-state index in [1.807, 2.05) is 0 Å². The van der Waals surface area contributed by atoms with Crippen molar-refractivity contribution in [2.24, 2.45) is 4.99 Å². The molecule has 1 aliphatic rings. The smallest absolute Gasteiger partial charge is 0.274 e. The van der Waals surface area contributed by atoms with Crippen LogP contribution in [0.2, 0.25) is 0 Å². The maximum Gasteiger partial charge on any atom is 0.274 e. The third kappa shape index (κ3) is 2.94. The minimum atomic E-state index is -0.421. The molecule has 0 unspecified atom stereocenters. The summed E-state index contributed by atoms with van der Waals surface area (Å²) in [5.74, 6) is 1.81. The minimum absolute atomic E-state index is 0.0392. The maximum absolute atomic E-state index is 11.0. The van der Waals surface area contributed by atoms with Crippen LogP contribution in [0.4, 0.5) is 11.4 Å². The Kier molecular flexibility index (Phi) is 3.84. The number of hydrogen-bond donors (Lipinski definition) is 0. The lowest BCUT2D eigenvalue weighted by Gasteiger charge is -2.06. The molecule has 0 saturated heterocycles. The van der Waals surface area contributed by atoms with Gasteiger partial charge < -0.3 is 14.2 Å². The first kappa shape index (κ1) is 14.8. The Balaban J connectivity index is 1.94. The number of nitrogens with zero attached hydrogens (tertiary/aromatic N) is 2. The van der Waals surface area contributed by atoms with E-state index in [1.54, 1.807) is 44.5 Å². The third-order valence-electron chi connectivity index (χ3n) is 3.47. The number of nitro groups is 1. The lowest BCUT2D eigenvalue weighted by atomic mass is 10.1. The largest absolute Gasteiger partial charge is 0.496 e. The van der Waals surface area contributed by atoms with Crippen molar-refractivity contribution in [2.45, 2.75) is 6.92 Å². The normalized spacial score (nSPS) is 12.6. The van der Waals surface area contributed by atoms with Gasteiger partial charge in [0.2, 0.25) is 6.79 Å². The van der Waals surface area contributed by atoms with Gasteiger partial charge in [-0.3, -0.25) is 15.1 Å². The second kappa shape index (κ2) is 5.96. The van der Waals surface area contributed by atoms with Crippen molar-refractivity contribution >= 4 is 17.6 Å². The van der Waals surface area contributed by atoms with Crippen LogP contribution in [0.3, 0.4) is 0 Å². The molecule has 2 aromatic carbocycles. The van der Waals surface area contributed by atoms with Crippen molar-refractivity contribution in [2.75, 3.05) is 13.9 Å². The van der Waals surface area contributed by atoms with Crippen LogP contribution in [0, 0.1) is 17.0 Å². The van der Waals surface area contributed by atoms with E-state index in [1.165, 1.54) is 6.07 Å². The molecule has 0 spiro atoms. The Bertz CT molecular complexity index is 801. The van der Waals surface area contributed by atoms with E-state index in [9.17, 15) is 10.1 Å². The van der Waals surface area contributed by atoms with Crippen molar-refractivity contribution in [3.63, 3.8) is 0 Å². The molecule has 0 N–H and O–H groups in total. The van der Waals surface area contributed by atoms with E-state index >= 15 is 0 Å². The fourth-order valence-electron chi connectivity index (χ4n) is 2.24. The summed E-state index contributed by atoms with van der Waals surface area (Å²) in [4.78, 5) is 14.8. The molecule has 0 atom stereocenters. The number of methoxy groups -OCH3 is 1. The van der Waals surface area contributed by atoms with Crippen LogP contribution in [-0.4, -0.2) is 25.0 Å². The first-order valence-corrected chi connectivity index (χ1v) is 6.85. The molecule has 1 aliphatic heterocycles. The minimum Gasteiger partial charge on any atom is -0.496 e. The number of ether oxygens (including phenoxy) is 3. The lowest BCUT2D eigenvalue weighted by molar-refractivity contribution is -0.385. The number of aryl methyl sites for hydroxylation is 1. The molecule has 0 saturated carbocycles. The van der Waals surface area contributed by atoms with E-state index < -0.39 is 4.92 Å². The van der Waals surface area contributed by atoms with Crippen LogP contribution < -0.4 is 14.2 Å². The van der Waals surface area contributed by atoms with E-state index in [-0.39, 0.29) is 12.5 Å². The van der Waals surface area contributed by atoms with Crippen LogP contribution in [-0.2, 0) is 0 Å². The first-order valence-electron chi connectivity index (χ1n) is 6.85. The molecule has 2 aromatic rings. The lowest BCUT2D eigenvalue weighted by Crippen LogP contribution is -1.92. The maximum atomic E-state index is 11.0. The summed E-state index contributed by atoms with van der Waals surface area (Å²) < 4.78 is 15.9. The van der Waals surface area contributed by atoms with Crippen molar-refractivity contribution in [3.05, 3.63) is 51.6 Å². The van der Waals surface area contributed by atoms with E-state index in [0.717, 1.165) is 0 Å². The van der Waals surface area contributed by atoms with Gasteiger partial charge in [0.15, 0.2) is 11.5 Å². The molecule has 23 heavy (non-hydrogen) atoms. The summed E-state index contributed by atoms with van der Waals surface area (Å²) in [6.07, 6.45) is 1.58. The molecular weight excluding hydrogens is 300 g/mol. The zero-order valence-corrected chi connectivity index (χ0v) is 12.6. The molecule has 0 bridgehead atoms. The van der Waals surface area contributed by atoms with Gasteiger partial charge in [-0.2, -0.15) is 0 Å². The van der Waals surface area contributed by atoms with Crippen molar-refractivity contribution in [1.82, 2.24) is 0 Å². The average Bonchev–Trinajstić information content (AvgIpc) is 3.00. The number of benzene rings is 2. The zero-order valence-electron chi connectivity index (χ0n) is 12.6. The van der Waals surface area contributed by atoms with E-state index in [0.29, 0.717) is 34.1 Å². The molecule has 0 aromatic heterocycles. The van der Waals surface area contributed by atoms with Crippen LogP contribution >= 0.6 is 0 Å². The second-order valence-electron chi connectivity index (χ2n) is 4.93. The van der Waals surface area contributed by atoms with E-state index in [4.69, 9.17) is 14.2 Å². The molecule has 7 nitrogen and oxygen atoms in total. The standard InChI is InChI=1S/C16H14N2O5/c1-10-3-4-12(6-13(10)18(19)20)17-8-11-5-15-16(23-9-22-15)7-14(11)21-2/h3-8H,9H2,1-2H3. The molecule has 0 fully saturated rings. The number of rotatable bonds is 4. The average molecular weight is 314 g/mol. The Hall–Kier alpha value is -3.09. The Morgan fingerprint density at radius 2 is 2.00 bits per heavy atom. The molecule has 0 radical (unpaired) electrons. The summed E-state index contributed by atoms with van der Waals surface area (Å²) in [6, 6.07) is 8.31. The van der Waals surface area contributed by atoms with Gasteiger partial charge in [0.05, 0.1) is 17.7 Å². The highest BCUT2D eigenvalue weighted by Crippen LogP contribution is 2.37. The van der Waals surface area contributed by atoms with Crippen LogP contribution in [0.15, 0.2) is 35.3 Å². The predicted octanol–water partition coefficient (Wildman–Crippen LogP) is 3.39. The first-order chi connectivity index (χ1) is 11.1. The molecule has 1 heterocycles. The Labute approximate surface area is 132 Å². The van der Waals surface area contributed by atoms with Crippen molar-refractivity contribution in [3.8, 4) is 17.2 Å². The summed E-state index contributed by atoms with van der Waals surface area (Å²) in [5, 5.41) is 11.0. The topological polar surface area (TPSA) is 83.2 Å². The van der Waals surface area contributed by atoms with Gasteiger partial charge in [0.1, 0.15) is 5.75 Å². The van der Waals surface area contributed by atoms with E-state index in [2.05, 4.69) is 4.99 Å². The SMILES string of the molecule is COc1cc2c(cc1C=Nc1ccc(C)c([N+](=O)[O-])c1)OCO2. The molecule has 7 heteroatoms. The van der Waals surface area contributed by atoms with Gasteiger partial charge in [0, 0.05) is 29.5 Å². The molecule has 3 rings (SSSR count). The van der Waals surface area contributed by atoms with Crippen molar-refractivity contribution < 1.29 is 19.1 Å². The Morgan fingerprint density at radius 3 is 2.70 bits per heavy atom. The third-order valence-corrected chi connectivity index (χ3v) is 3.47. The molecule has 0 aliphatic carbocycles. The summed E-state index contributed by atoms with van der Waals surface area (Å²) >= 11 is 0. The van der Waals surface area contributed by atoms with Gasteiger partial charge in [-0.15, -0.1) is 0 Å². The number of fused-ring (bicyclic) bond motifs is 1. The highest BCUT2D eigenvalue weighted by Gasteiger charge is 2.17. The Morgan fingerprint density at radius 1 is 1.26 bits per heavy atom. The van der Waals surface area contributed by atoms with Crippen LogP contribution in [0.5, 0.6) is 17.2 Å². The highest BCUT2D eigenvalue weighted by molar-refractivity contribution is 5.87. The zero-order chi connectivity index (χ0) is 16.4. The fourth-order valence-corrected chi connectivity index (χ4v) is 2.24. The second-order valence-corrected chi connectivity index (χ2v) is 4.93. The molecular formula is C16H14N2O5. The summed E-state index contributed by atoms with van der Waals surface area (Å²) in [5.41, 5.74) is 1.81. The number of aliphatic imine (C=N–C) groups is 1. The predicted molar refractivity (Wildman–Crippen MR) is 84.2 cm³/mol. The van der Waals surface area contributed by atoms with Crippen molar-refractivity contribution in [1.29, 1.82) is 0 Å². The number of nitro benzene ring substituents is 1. The molecule has 0 amide bonds.